The molecule has 2 heterocycles. The summed E-state index contributed by atoms with van der Waals surface area (Å²) >= 11 is 1.70. The van der Waals surface area contributed by atoms with Gasteiger partial charge in [-0.15, -0.1) is 11.3 Å². The number of rotatable bonds is 4. The highest BCUT2D eigenvalue weighted by molar-refractivity contribution is 7.10. The fourth-order valence-corrected chi connectivity index (χ4v) is 2.78. The summed E-state index contributed by atoms with van der Waals surface area (Å²) < 4.78 is 0. The lowest BCUT2D eigenvalue weighted by atomic mass is 10.2. The fraction of sp³-hybridized carbons (Fsp3) is 0.286. The van der Waals surface area contributed by atoms with E-state index in [1.54, 1.807) is 24.3 Å². The number of amides is 1. The second-order valence-corrected chi connectivity index (χ2v) is 5.45. The standard InChI is InChI=1S/C14H16N2O2S/c1-9-4-6-19-12(9)3-5-15-14(18)11-7-10(2)16-13(17)8-11/h4,6-8H,3,5H2,1-2H3,(H,15,18)(H,16,17). The number of pyridine rings is 1. The van der Waals surface area contributed by atoms with E-state index >= 15 is 0 Å². The van der Waals surface area contributed by atoms with Gasteiger partial charge in [0.15, 0.2) is 0 Å². The third-order valence-electron chi connectivity index (χ3n) is 2.85. The molecule has 0 radical (unpaired) electrons. The molecule has 2 aromatic heterocycles. The van der Waals surface area contributed by atoms with Gasteiger partial charge < -0.3 is 10.3 Å². The van der Waals surface area contributed by atoms with Crippen LogP contribution < -0.4 is 10.9 Å². The summed E-state index contributed by atoms with van der Waals surface area (Å²) in [6.45, 7) is 4.40. The van der Waals surface area contributed by atoms with Crippen LogP contribution in [0.2, 0.25) is 0 Å². The van der Waals surface area contributed by atoms with Gasteiger partial charge in [-0.25, -0.2) is 0 Å². The molecule has 100 valence electrons. The van der Waals surface area contributed by atoms with Crippen LogP contribution in [-0.2, 0) is 6.42 Å². The summed E-state index contributed by atoms with van der Waals surface area (Å²) in [6, 6.07) is 5.06. The third kappa shape index (κ3) is 3.54. The molecule has 0 atom stereocenters. The Labute approximate surface area is 115 Å². The second kappa shape index (κ2) is 5.84. The molecule has 0 aliphatic rings. The molecule has 0 unspecified atom stereocenters. The first-order valence-corrected chi connectivity index (χ1v) is 6.96. The van der Waals surface area contributed by atoms with Crippen molar-refractivity contribution in [1.82, 2.24) is 10.3 Å². The Morgan fingerprint density at radius 1 is 1.37 bits per heavy atom. The van der Waals surface area contributed by atoms with Crippen molar-refractivity contribution < 1.29 is 4.79 Å². The van der Waals surface area contributed by atoms with E-state index in [0.717, 1.165) is 6.42 Å². The number of hydrogen-bond acceptors (Lipinski definition) is 3. The lowest BCUT2D eigenvalue weighted by molar-refractivity contribution is 0.0954. The first kappa shape index (κ1) is 13.5. The summed E-state index contributed by atoms with van der Waals surface area (Å²) in [7, 11) is 0. The number of aromatic amines is 1. The van der Waals surface area contributed by atoms with Crippen LogP contribution in [0.25, 0.3) is 0 Å². The molecule has 4 nitrogen and oxygen atoms in total. The second-order valence-electron chi connectivity index (χ2n) is 4.45. The van der Waals surface area contributed by atoms with Crippen molar-refractivity contribution in [2.24, 2.45) is 0 Å². The average molecular weight is 276 g/mol. The van der Waals surface area contributed by atoms with Crippen molar-refractivity contribution in [3.05, 3.63) is 55.6 Å². The average Bonchev–Trinajstić information content (AvgIpc) is 2.74. The van der Waals surface area contributed by atoms with E-state index in [0.29, 0.717) is 17.8 Å². The van der Waals surface area contributed by atoms with Gasteiger partial charge in [-0.1, -0.05) is 0 Å². The van der Waals surface area contributed by atoms with E-state index in [9.17, 15) is 9.59 Å². The number of H-pyrrole nitrogens is 1. The van der Waals surface area contributed by atoms with Gasteiger partial charge in [-0.3, -0.25) is 9.59 Å². The van der Waals surface area contributed by atoms with Crippen molar-refractivity contribution in [3.8, 4) is 0 Å². The SMILES string of the molecule is Cc1cc(C(=O)NCCc2sccc2C)cc(=O)[nH]1. The number of thiophene rings is 1. The Bertz CT molecular complexity index is 643. The molecule has 0 saturated carbocycles. The number of carbonyl (C=O) groups is 1. The summed E-state index contributed by atoms with van der Waals surface area (Å²) in [6.07, 6.45) is 0.817. The highest BCUT2D eigenvalue weighted by Crippen LogP contribution is 2.15. The zero-order chi connectivity index (χ0) is 13.8. The third-order valence-corrected chi connectivity index (χ3v) is 3.93. The van der Waals surface area contributed by atoms with Gasteiger partial charge in [0.05, 0.1) is 0 Å². The molecule has 0 spiro atoms. The minimum atomic E-state index is -0.251. The lowest BCUT2D eigenvalue weighted by Gasteiger charge is -2.05. The minimum absolute atomic E-state index is 0.205. The van der Waals surface area contributed by atoms with E-state index in [1.165, 1.54) is 16.5 Å². The summed E-state index contributed by atoms with van der Waals surface area (Å²) in [5.41, 5.74) is 2.10. The largest absolute Gasteiger partial charge is 0.352 e. The zero-order valence-corrected chi connectivity index (χ0v) is 11.8. The Morgan fingerprint density at radius 2 is 2.16 bits per heavy atom. The fourth-order valence-electron chi connectivity index (χ4n) is 1.87. The molecule has 1 amide bonds. The number of nitrogens with one attached hydrogen (secondary N) is 2. The van der Waals surface area contributed by atoms with E-state index in [1.807, 2.05) is 5.38 Å². The molecule has 19 heavy (non-hydrogen) atoms. The molecule has 5 heteroatoms. The van der Waals surface area contributed by atoms with Crippen LogP contribution in [0.5, 0.6) is 0 Å². The Morgan fingerprint density at radius 3 is 2.79 bits per heavy atom. The van der Waals surface area contributed by atoms with Gasteiger partial charge in [0.2, 0.25) is 5.56 Å². The van der Waals surface area contributed by atoms with Crippen LogP contribution in [0.15, 0.2) is 28.4 Å². The predicted molar refractivity (Wildman–Crippen MR) is 76.9 cm³/mol. The first-order valence-electron chi connectivity index (χ1n) is 6.08. The molecule has 0 bridgehead atoms. The van der Waals surface area contributed by atoms with Crippen molar-refractivity contribution in [1.29, 1.82) is 0 Å². The van der Waals surface area contributed by atoms with Gasteiger partial charge in [-0.2, -0.15) is 0 Å². The lowest BCUT2D eigenvalue weighted by Crippen LogP contribution is -2.27. The summed E-state index contributed by atoms with van der Waals surface area (Å²) in [4.78, 5) is 27.1. The maximum Gasteiger partial charge on any atom is 0.251 e. The number of hydrogen-bond donors (Lipinski definition) is 2. The molecule has 2 N–H and O–H groups in total. The first-order chi connectivity index (χ1) is 9.06. The number of aryl methyl sites for hydroxylation is 2. The highest BCUT2D eigenvalue weighted by Gasteiger charge is 2.07. The molecular formula is C14H16N2O2S. The Balaban J connectivity index is 1.94. The molecule has 0 fully saturated rings. The predicted octanol–water partition coefficient (Wildman–Crippen LogP) is 2.03. The summed E-state index contributed by atoms with van der Waals surface area (Å²) in [5.74, 6) is -0.205. The van der Waals surface area contributed by atoms with Crippen molar-refractivity contribution >= 4 is 17.2 Å². The maximum atomic E-state index is 11.9. The van der Waals surface area contributed by atoms with Crippen molar-refractivity contribution in [3.63, 3.8) is 0 Å². The molecular weight excluding hydrogens is 260 g/mol. The van der Waals surface area contributed by atoms with Gasteiger partial charge in [0.25, 0.3) is 5.91 Å². The Kier molecular flexibility index (Phi) is 4.16. The molecule has 2 aromatic rings. The van der Waals surface area contributed by atoms with E-state index in [-0.39, 0.29) is 11.5 Å². The van der Waals surface area contributed by atoms with Gasteiger partial charge in [-0.05, 0) is 43.3 Å². The quantitative estimate of drug-likeness (QED) is 0.897. The highest BCUT2D eigenvalue weighted by atomic mass is 32.1. The smallest absolute Gasteiger partial charge is 0.251 e. The van der Waals surface area contributed by atoms with Crippen molar-refractivity contribution in [2.75, 3.05) is 6.54 Å². The Hall–Kier alpha value is -1.88. The van der Waals surface area contributed by atoms with Crippen LogP contribution in [0.4, 0.5) is 0 Å². The van der Waals surface area contributed by atoms with Gasteiger partial charge in [0.1, 0.15) is 0 Å². The summed E-state index contributed by atoms with van der Waals surface area (Å²) in [5, 5.41) is 4.88. The maximum absolute atomic E-state index is 11.9. The zero-order valence-electron chi connectivity index (χ0n) is 10.9. The van der Waals surface area contributed by atoms with Crippen LogP contribution >= 0.6 is 11.3 Å². The molecule has 0 aliphatic heterocycles. The molecule has 0 aromatic carbocycles. The van der Waals surface area contributed by atoms with Crippen LogP contribution in [0.1, 0.15) is 26.5 Å². The monoisotopic (exact) mass is 276 g/mol. The van der Waals surface area contributed by atoms with Crippen LogP contribution in [0, 0.1) is 13.8 Å². The van der Waals surface area contributed by atoms with E-state index in [4.69, 9.17) is 0 Å². The van der Waals surface area contributed by atoms with Gasteiger partial charge in [0, 0.05) is 28.7 Å². The van der Waals surface area contributed by atoms with Crippen molar-refractivity contribution in [2.45, 2.75) is 20.3 Å². The normalized spacial score (nSPS) is 10.4. The topological polar surface area (TPSA) is 62.0 Å². The van der Waals surface area contributed by atoms with E-state index in [2.05, 4.69) is 23.3 Å². The van der Waals surface area contributed by atoms with Crippen LogP contribution in [0.3, 0.4) is 0 Å². The minimum Gasteiger partial charge on any atom is -0.352 e. The number of aromatic nitrogens is 1. The molecule has 2 rings (SSSR count). The van der Waals surface area contributed by atoms with E-state index < -0.39 is 0 Å². The number of carbonyl (C=O) groups excluding carboxylic acids is 1. The molecule has 0 aliphatic carbocycles. The molecule has 0 saturated heterocycles. The van der Waals surface area contributed by atoms with Crippen LogP contribution in [-0.4, -0.2) is 17.4 Å². The van der Waals surface area contributed by atoms with Gasteiger partial charge >= 0.3 is 0 Å².